The molecule has 0 radical (unpaired) electrons. The molecule has 0 bridgehead atoms. The molecule has 0 atom stereocenters. The Balaban J connectivity index is 1.57. The van der Waals surface area contributed by atoms with Gasteiger partial charge < -0.3 is 4.74 Å². The Hall–Kier alpha value is -2.66. The van der Waals surface area contributed by atoms with E-state index in [0.29, 0.717) is 15.0 Å². The van der Waals surface area contributed by atoms with Crippen LogP contribution in [0.4, 0.5) is 11.4 Å². The van der Waals surface area contributed by atoms with E-state index in [2.05, 4.69) is 15.9 Å². The molecule has 1 amide bonds. The van der Waals surface area contributed by atoms with Gasteiger partial charge in [-0.25, -0.2) is 0 Å². The number of nitro groups is 1. The smallest absolute Gasteiger partial charge is 0.270 e. The van der Waals surface area contributed by atoms with Gasteiger partial charge in [0.05, 0.1) is 15.5 Å². The quantitative estimate of drug-likeness (QED) is 0.0985. The molecule has 4 rings (SSSR count). The summed E-state index contributed by atoms with van der Waals surface area (Å²) < 4.78 is 7.30. The van der Waals surface area contributed by atoms with Gasteiger partial charge >= 0.3 is 0 Å². The number of hydrogen-bond acceptors (Lipinski definition) is 7. The largest absolute Gasteiger partial charge is 0.488 e. The number of carbonyl (C=O) groups excluding carboxylic acids is 1. The second-order valence-corrected chi connectivity index (χ2v) is 10.6. The van der Waals surface area contributed by atoms with Crippen molar-refractivity contribution in [1.29, 1.82) is 0 Å². The molecule has 0 saturated carbocycles. The molecule has 0 spiro atoms. The maximum Gasteiger partial charge on any atom is 0.270 e. The number of carbonyl (C=O) groups is 1. The molecule has 1 heterocycles. The Labute approximate surface area is 218 Å². The number of ether oxygens (including phenoxy) is 1. The number of nitro benzene ring substituents is 1. The van der Waals surface area contributed by atoms with Crippen LogP contribution in [0.2, 0.25) is 0 Å². The number of anilines is 1. The molecule has 1 saturated heterocycles. The first-order chi connectivity index (χ1) is 16.4. The number of amides is 1. The molecule has 6 nitrogen and oxygen atoms in total. The van der Waals surface area contributed by atoms with E-state index >= 15 is 0 Å². The summed E-state index contributed by atoms with van der Waals surface area (Å²) >= 11 is 11.8. The van der Waals surface area contributed by atoms with E-state index in [0.717, 1.165) is 26.2 Å². The van der Waals surface area contributed by atoms with E-state index in [4.69, 9.17) is 17.0 Å². The van der Waals surface area contributed by atoms with E-state index in [1.54, 1.807) is 34.9 Å². The summed E-state index contributed by atoms with van der Waals surface area (Å²) in [5.74, 6) is 0.394. The molecule has 3 aromatic rings. The highest BCUT2D eigenvalue weighted by Crippen LogP contribution is 2.38. The predicted molar refractivity (Wildman–Crippen MR) is 145 cm³/mol. The van der Waals surface area contributed by atoms with Gasteiger partial charge in [-0.05, 0) is 66.4 Å². The fourth-order valence-electron chi connectivity index (χ4n) is 3.22. The van der Waals surface area contributed by atoms with Crippen LogP contribution in [0.3, 0.4) is 0 Å². The number of hydrogen-bond donors (Lipinski definition) is 0. The summed E-state index contributed by atoms with van der Waals surface area (Å²) in [5.41, 5.74) is 2.27. The number of halogens is 1. The summed E-state index contributed by atoms with van der Waals surface area (Å²) in [6, 6.07) is 19.4. The highest BCUT2D eigenvalue weighted by molar-refractivity contribution is 9.10. The predicted octanol–water partition coefficient (Wildman–Crippen LogP) is 7.06. The van der Waals surface area contributed by atoms with Crippen LogP contribution in [-0.2, 0) is 11.4 Å². The minimum atomic E-state index is -0.439. The Kier molecular flexibility index (Phi) is 7.72. The average Bonchev–Trinajstić information content (AvgIpc) is 3.11. The summed E-state index contributed by atoms with van der Waals surface area (Å²) in [4.78, 5) is 26.7. The fourth-order valence-corrected chi connectivity index (χ4v) is 5.34. The van der Waals surface area contributed by atoms with E-state index in [-0.39, 0.29) is 18.2 Å². The van der Waals surface area contributed by atoms with Crippen LogP contribution in [0.5, 0.6) is 5.75 Å². The number of thioether (sulfide) groups is 2. The first kappa shape index (κ1) is 24.5. The van der Waals surface area contributed by atoms with Crippen molar-refractivity contribution in [1.82, 2.24) is 0 Å². The van der Waals surface area contributed by atoms with Gasteiger partial charge in [0.15, 0.2) is 4.32 Å². The van der Waals surface area contributed by atoms with Crippen LogP contribution >= 0.6 is 51.7 Å². The van der Waals surface area contributed by atoms with E-state index in [1.807, 2.05) is 48.7 Å². The lowest BCUT2D eigenvalue weighted by Gasteiger charge is -2.15. The summed E-state index contributed by atoms with van der Waals surface area (Å²) in [6.07, 6.45) is 3.75. The van der Waals surface area contributed by atoms with Crippen LogP contribution in [0, 0.1) is 10.1 Å². The van der Waals surface area contributed by atoms with E-state index in [9.17, 15) is 14.9 Å². The molecule has 34 heavy (non-hydrogen) atoms. The minimum Gasteiger partial charge on any atom is -0.488 e. The van der Waals surface area contributed by atoms with Crippen molar-refractivity contribution >= 4 is 79.4 Å². The van der Waals surface area contributed by atoms with Crippen LogP contribution in [-0.4, -0.2) is 21.4 Å². The second kappa shape index (κ2) is 10.7. The molecule has 0 aromatic heterocycles. The molecule has 1 fully saturated rings. The number of thiocarbonyl (C=S) groups is 1. The van der Waals surface area contributed by atoms with Gasteiger partial charge in [0.2, 0.25) is 0 Å². The molecule has 0 N–H and O–H groups in total. The molecule has 0 unspecified atom stereocenters. The zero-order valence-electron chi connectivity index (χ0n) is 17.8. The lowest BCUT2D eigenvalue weighted by atomic mass is 10.1. The van der Waals surface area contributed by atoms with Crippen molar-refractivity contribution in [3.05, 3.63) is 97.3 Å². The highest BCUT2D eigenvalue weighted by Gasteiger charge is 2.33. The summed E-state index contributed by atoms with van der Waals surface area (Å²) in [6.45, 7) is 0.225. The van der Waals surface area contributed by atoms with Crippen molar-refractivity contribution < 1.29 is 14.5 Å². The third-order valence-electron chi connectivity index (χ3n) is 4.91. The Morgan fingerprint density at radius 3 is 2.65 bits per heavy atom. The molecule has 1 aliphatic heterocycles. The van der Waals surface area contributed by atoms with Gasteiger partial charge in [-0.1, -0.05) is 46.0 Å². The molecule has 3 aromatic carbocycles. The third kappa shape index (κ3) is 5.52. The van der Waals surface area contributed by atoms with Crippen LogP contribution < -0.4 is 9.64 Å². The van der Waals surface area contributed by atoms with Crippen molar-refractivity contribution in [2.45, 2.75) is 11.5 Å². The molecule has 10 heteroatoms. The maximum atomic E-state index is 13.2. The number of rotatable bonds is 7. The van der Waals surface area contributed by atoms with Crippen molar-refractivity contribution in [2.24, 2.45) is 0 Å². The molecule has 0 aliphatic carbocycles. The lowest BCUT2D eigenvalue weighted by Crippen LogP contribution is -2.27. The Morgan fingerprint density at radius 1 is 1.18 bits per heavy atom. The topological polar surface area (TPSA) is 72.7 Å². The second-order valence-electron chi connectivity index (χ2n) is 7.11. The monoisotopic (exact) mass is 572 g/mol. The van der Waals surface area contributed by atoms with Gasteiger partial charge in [-0.15, -0.1) is 11.8 Å². The lowest BCUT2D eigenvalue weighted by molar-refractivity contribution is -0.384. The Bertz CT molecular complexity index is 1310. The first-order valence-corrected chi connectivity index (χ1v) is 13.2. The normalized spacial score (nSPS) is 14.6. The number of nitrogens with zero attached hydrogens (tertiary/aromatic N) is 2. The fraction of sp³-hybridized carbons (Fsp3) is 0.0833. The van der Waals surface area contributed by atoms with Gasteiger partial charge in [0, 0.05) is 27.1 Å². The van der Waals surface area contributed by atoms with Crippen molar-refractivity contribution in [2.75, 3.05) is 11.2 Å². The van der Waals surface area contributed by atoms with Crippen molar-refractivity contribution in [3.8, 4) is 5.75 Å². The molecule has 172 valence electrons. The third-order valence-corrected chi connectivity index (χ3v) is 7.43. The van der Waals surface area contributed by atoms with Gasteiger partial charge in [-0.3, -0.25) is 19.8 Å². The van der Waals surface area contributed by atoms with E-state index in [1.165, 1.54) is 23.9 Å². The van der Waals surface area contributed by atoms with Gasteiger partial charge in [-0.2, -0.15) is 0 Å². The number of benzene rings is 3. The van der Waals surface area contributed by atoms with Gasteiger partial charge in [0.1, 0.15) is 12.4 Å². The maximum absolute atomic E-state index is 13.2. The number of non-ortho nitro benzene ring substituents is 1. The molecular formula is C24H17BrN2O4S3. The minimum absolute atomic E-state index is 0.0261. The highest BCUT2D eigenvalue weighted by atomic mass is 79.9. The first-order valence-electron chi connectivity index (χ1n) is 9.93. The standard InChI is InChI=1S/C24H17BrN2O4S3/c1-33-20-4-2-3-19(13-20)26-23(28)22(34-24(26)32)12-16-11-17(25)7-10-21(16)31-14-15-5-8-18(9-6-15)27(29)30/h2-13H,14H2,1H3/b22-12-. The van der Waals surface area contributed by atoms with Crippen LogP contribution in [0.15, 0.2) is 81.0 Å². The van der Waals surface area contributed by atoms with Crippen LogP contribution in [0.25, 0.3) is 6.08 Å². The average molecular weight is 574 g/mol. The van der Waals surface area contributed by atoms with Gasteiger partial charge in [0.25, 0.3) is 11.6 Å². The summed E-state index contributed by atoms with van der Waals surface area (Å²) in [7, 11) is 0. The summed E-state index contributed by atoms with van der Waals surface area (Å²) in [5, 5.41) is 10.8. The van der Waals surface area contributed by atoms with Crippen LogP contribution in [0.1, 0.15) is 11.1 Å². The Morgan fingerprint density at radius 2 is 1.94 bits per heavy atom. The van der Waals surface area contributed by atoms with Crippen molar-refractivity contribution in [3.63, 3.8) is 0 Å². The molecule has 1 aliphatic rings. The zero-order chi connectivity index (χ0) is 24.2. The molecular weight excluding hydrogens is 556 g/mol. The zero-order valence-corrected chi connectivity index (χ0v) is 21.8. The van der Waals surface area contributed by atoms with E-state index < -0.39 is 4.92 Å². The SMILES string of the molecule is CSc1cccc(N2C(=O)/C(=C/c3cc(Br)ccc3OCc3ccc([N+](=O)[O-])cc3)SC2=S)c1.